The van der Waals surface area contributed by atoms with Gasteiger partial charge in [-0.1, -0.05) is 17.9 Å². The fraction of sp³-hybridized carbons (Fsp3) is 0.722. The summed E-state index contributed by atoms with van der Waals surface area (Å²) in [6.07, 6.45) is 4.78. The molecule has 0 spiro atoms. The molecule has 10 nitrogen and oxygen atoms in total. The van der Waals surface area contributed by atoms with Crippen molar-refractivity contribution in [1.82, 2.24) is 34.5 Å². The van der Waals surface area contributed by atoms with E-state index in [4.69, 9.17) is 4.74 Å². The van der Waals surface area contributed by atoms with Gasteiger partial charge in [-0.3, -0.25) is 13.9 Å². The molecule has 2 fully saturated rings. The number of nitrogens with zero attached hydrogens (tertiary/aromatic N) is 6. The second-order valence-electron chi connectivity index (χ2n) is 7.52. The number of hydrogen-bond acceptors (Lipinski definition) is 8. The molecule has 2 aliphatic rings. The maximum atomic E-state index is 12.6. The summed E-state index contributed by atoms with van der Waals surface area (Å²) in [6.45, 7) is 5.53. The van der Waals surface area contributed by atoms with Crippen LogP contribution in [0.25, 0.3) is 11.2 Å². The van der Waals surface area contributed by atoms with Crippen LogP contribution < -0.4 is 21.3 Å². The van der Waals surface area contributed by atoms with Crippen LogP contribution in [0.5, 0.6) is 6.01 Å². The lowest BCUT2D eigenvalue weighted by Gasteiger charge is -2.26. The lowest BCUT2D eigenvalue weighted by molar-refractivity contribution is 0.208. The van der Waals surface area contributed by atoms with E-state index >= 15 is 0 Å². The van der Waals surface area contributed by atoms with Crippen LogP contribution in [0.3, 0.4) is 0 Å². The first kappa shape index (κ1) is 19.0. The average Bonchev–Trinajstić information content (AvgIpc) is 3.25. The first-order valence-corrected chi connectivity index (χ1v) is 10.1. The molecular formula is C18H27N7O3. The molecule has 0 unspecified atom stereocenters. The van der Waals surface area contributed by atoms with E-state index in [-0.39, 0.29) is 28.9 Å². The normalized spacial score (nSPS) is 18.8. The van der Waals surface area contributed by atoms with Crippen LogP contribution >= 0.6 is 0 Å². The number of nitrogens with one attached hydrogen (secondary N) is 1. The Labute approximate surface area is 162 Å². The van der Waals surface area contributed by atoms with Crippen LogP contribution in [0, 0.1) is 0 Å². The van der Waals surface area contributed by atoms with E-state index in [1.165, 1.54) is 7.05 Å². The van der Waals surface area contributed by atoms with Gasteiger partial charge in [-0.2, -0.15) is 4.98 Å². The summed E-state index contributed by atoms with van der Waals surface area (Å²) in [5.41, 5.74) is -0.422. The quantitative estimate of drug-likeness (QED) is 0.670. The fourth-order valence-electron chi connectivity index (χ4n) is 4.05. The Morgan fingerprint density at radius 1 is 1.14 bits per heavy atom. The predicted octanol–water partition coefficient (Wildman–Crippen LogP) is -0.326. The number of hydrogen-bond donors (Lipinski definition) is 1. The molecule has 0 amide bonds. The molecule has 1 N–H and O–H groups in total. The molecule has 2 aromatic rings. The van der Waals surface area contributed by atoms with Gasteiger partial charge in [0.05, 0.1) is 6.61 Å². The summed E-state index contributed by atoms with van der Waals surface area (Å²) in [5.74, 6) is 0. The molecule has 0 aromatic carbocycles. The zero-order valence-electron chi connectivity index (χ0n) is 16.3. The number of aromatic nitrogens is 5. The van der Waals surface area contributed by atoms with Gasteiger partial charge in [-0.05, 0) is 19.3 Å². The van der Waals surface area contributed by atoms with Crippen molar-refractivity contribution in [2.75, 3.05) is 39.3 Å². The van der Waals surface area contributed by atoms with Crippen molar-refractivity contribution in [2.24, 2.45) is 7.05 Å². The van der Waals surface area contributed by atoms with Crippen molar-refractivity contribution in [3.8, 4) is 6.01 Å². The van der Waals surface area contributed by atoms with Crippen molar-refractivity contribution in [2.45, 2.75) is 38.1 Å². The van der Waals surface area contributed by atoms with Crippen molar-refractivity contribution in [1.29, 1.82) is 0 Å². The minimum absolute atomic E-state index is 0.0451. The van der Waals surface area contributed by atoms with Crippen molar-refractivity contribution >= 4 is 11.2 Å². The highest BCUT2D eigenvalue weighted by Gasteiger charge is 2.24. The fourth-order valence-corrected chi connectivity index (χ4v) is 4.05. The highest BCUT2D eigenvalue weighted by Crippen LogP contribution is 2.29. The monoisotopic (exact) mass is 389 g/mol. The van der Waals surface area contributed by atoms with Crippen LogP contribution in [0.4, 0.5) is 0 Å². The Hall–Kier alpha value is -2.33. The molecule has 1 aliphatic carbocycles. The lowest BCUT2D eigenvalue weighted by Crippen LogP contribution is -2.44. The van der Waals surface area contributed by atoms with E-state index in [0.29, 0.717) is 6.61 Å². The minimum Gasteiger partial charge on any atom is -0.462 e. The zero-order valence-corrected chi connectivity index (χ0v) is 16.3. The van der Waals surface area contributed by atoms with Gasteiger partial charge in [-0.25, -0.2) is 4.79 Å². The van der Waals surface area contributed by atoms with Crippen molar-refractivity contribution < 1.29 is 4.74 Å². The highest BCUT2D eigenvalue weighted by molar-refractivity contribution is 5.68. The van der Waals surface area contributed by atoms with Gasteiger partial charge in [-0.15, -0.1) is 5.10 Å². The Morgan fingerprint density at radius 2 is 1.89 bits per heavy atom. The van der Waals surface area contributed by atoms with Crippen LogP contribution in [-0.4, -0.2) is 68.5 Å². The molecule has 10 heteroatoms. The summed E-state index contributed by atoms with van der Waals surface area (Å²) in [7, 11) is 1.48. The lowest BCUT2D eigenvalue weighted by atomic mass is 10.2. The van der Waals surface area contributed by atoms with Crippen molar-refractivity contribution in [3.05, 3.63) is 20.8 Å². The number of piperazine rings is 1. The minimum atomic E-state index is -0.463. The van der Waals surface area contributed by atoms with E-state index in [2.05, 4.69) is 25.4 Å². The average molecular weight is 389 g/mol. The topological polar surface area (TPSA) is 107 Å². The molecule has 28 heavy (non-hydrogen) atoms. The predicted molar refractivity (Wildman–Crippen MR) is 104 cm³/mol. The van der Waals surface area contributed by atoms with Gasteiger partial charge in [0.25, 0.3) is 5.56 Å². The molecule has 152 valence electrons. The molecule has 3 heterocycles. The molecule has 1 aliphatic heterocycles. The molecular weight excluding hydrogens is 362 g/mol. The number of rotatable bonds is 6. The van der Waals surface area contributed by atoms with Crippen LogP contribution in [0.1, 0.15) is 38.1 Å². The molecule has 2 aromatic heterocycles. The molecule has 4 rings (SSSR count). The summed E-state index contributed by atoms with van der Waals surface area (Å²) in [5, 5.41) is 11.5. The largest absolute Gasteiger partial charge is 0.462 e. The number of fused-ring (bicyclic) bond motifs is 1. The third kappa shape index (κ3) is 3.79. The zero-order chi connectivity index (χ0) is 19.5. The van der Waals surface area contributed by atoms with Crippen molar-refractivity contribution in [3.63, 3.8) is 0 Å². The van der Waals surface area contributed by atoms with E-state index in [1.54, 1.807) is 4.57 Å². The molecule has 0 bridgehead atoms. The Morgan fingerprint density at radius 3 is 2.64 bits per heavy atom. The third-order valence-electron chi connectivity index (χ3n) is 5.63. The SMILES string of the molecule is Cn1c(=O)c2nc(OCCCN3CCNCC3)nnc2n(C2CCCC2)c1=O. The maximum Gasteiger partial charge on any atom is 0.336 e. The highest BCUT2D eigenvalue weighted by atomic mass is 16.5. The van der Waals surface area contributed by atoms with Gasteiger partial charge in [0.15, 0.2) is 11.2 Å². The van der Waals surface area contributed by atoms with Gasteiger partial charge in [0, 0.05) is 45.8 Å². The van der Waals surface area contributed by atoms with Gasteiger partial charge >= 0.3 is 11.7 Å². The molecule has 0 radical (unpaired) electrons. The van der Waals surface area contributed by atoms with Crippen LogP contribution in [0.2, 0.25) is 0 Å². The second-order valence-corrected chi connectivity index (χ2v) is 7.52. The smallest absolute Gasteiger partial charge is 0.336 e. The second kappa shape index (κ2) is 8.36. The van der Waals surface area contributed by atoms with Gasteiger partial charge in [0.1, 0.15) is 0 Å². The maximum absolute atomic E-state index is 12.6. The molecule has 1 saturated heterocycles. The molecule has 1 saturated carbocycles. The summed E-state index contributed by atoms with van der Waals surface area (Å²) < 4.78 is 8.32. The standard InChI is InChI=1S/C18H27N7O3/c1-23-16(26)14-15(25(18(23)27)13-5-2-3-6-13)21-22-17(20-14)28-12-4-9-24-10-7-19-8-11-24/h13,19H,2-12H2,1H3. The summed E-state index contributed by atoms with van der Waals surface area (Å²) in [4.78, 5) is 31.8. The van der Waals surface area contributed by atoms with Crippen LogP contribution in [0.15, 0.2) is 9.59 Å². The first-order chi connectivity index (χ1) is 13.6. The van der Waals surface area contributed by atoms with E-state index in [1.807, 2.05) is 0 Å². The first-order valence-electron chi connectivity index (χ1n) is 10.1. The Bertz CT molecular complexity index is 943. The van der Waals surface area contributed by atoms with Crippen LogP contribution in [-0.2, 0) is 7.05 Å². The van der Waals surface area contributed by atoms with E-state index < -0.39 is 5.56 Å². The Balaban J connectivity index is 1.51. The van der Waals surface area contributed by atoms with Gasteiger partial charge in [0.2, 0.25) is 0 Å². The van der Waals surface area contributed by atoms with E-state index in [9.17, 15) is 9.59 Å². The molecule has 0 atom stereocenters. The van der Waals surface area contributed by atoms with E-state index in [0.717, 1.165) is 69.4 Å². The third-order valence-corrected chi connectivity index (χ3v) is 5.63. The number of ether oxygens (including phenoxy) is 1. The summed E-state index contributed by atoms with van der Waals surface area (Å²) in [6, 6.07) is 0.130. The summed E-state index contributed by atoms with van der Waals surface area (Å²) >= 11 is 0. The van der Waals surface area contributed by atoms with Gasteiger partial charge < -0.3 is 15.0 Å². The Kier molecular flexibility index (Phi) is 5.67.